The third-order valence-corrected chi connectivity index (χ3v) is 3.64. The lowest BCUT2D eigenvalue weighted by Gasteiger charge is -2.37. The van der Waals surface area contributed by atoms with Crippen LogP contribution in [0.15, 0.2) is 0 Å². The van der Waals surface area contributed by atoms with Gasteiger partial charge in [-0.3, -0.25) is 9.80 Å². The summed E-state index contributed by atoms with van der Waals surface area (Å²) in [6.07, 6.45) is 0.306. The Labute approximate surface area is 110 Å². The van der Waals surface area contributed by atoms with E-state index in [2.05, 4.69) is 29.0 Å². The molecule has 18 heavy (non-hydrogen) atoms. The molecule has 5 heteroatoms. The third kappa shape index (κ3) is 4.48. The van der Waals surface area contributed by atoms with Crippen molar-refractivity contribution in [3.8, 4) is 0 Å². The maximum absolute atomic E-state index is 10.2. The fourth-order valence-electron chi connectivity index (χ4n) is 2.98. The second-order valence-electron chi connectivity index (χ2n) is 5.68. The van der Waals surface area contributed by atoms with E-state index in [4.69, 9.17) is 4.74 Å². The Morgan fingerprint density at radius 2 is 1.67 bits per heavy atom. The lowest BCUT2D eigenvalue weighted by Crippen LogP contribution is -2.51. The van der Waals surface area contributed by atoms with E-state index < -0.39 is 0 Å². The SMILES string of the molecule is CC1CN(CC(O)CN2CCNCC2)CC(C)O1. The van der Waals surface area contributed by atoms with E-state index in [-0.39, 0.29) is 18.3 Å². The first kappa shape index (κ1) is 14.2. The Morgan fingerprint density at radius 3 is 2.28 bits per heavy atom. The number of ether oxygens (including phenoxy) is 1. The van der Waals surface area contributed by atoms with Crippen LogP contribution >= 0.6 is 0 Å². The van der Waals surface area contributed by atoms with Crippen LogP contribution in [0.4, 0.5) is 0 Å². The van der Waals surface area contributed by atoms with Crippen molar-refractivity contribution in [1.29, 1.82) is 0 Å². The van der Waals surface area contributed by atoms with Crippen LogP contribution in [0, 0.1) is 0 Å². The molecule has 2 N–H and O–H groups in total. The smallest absolute Gasteiger partial charge is 0.0793 e. The largest absolute Gasteiger partial charge is 0.390 e. The molecule has 0 aliphatic carbocycles. The second-order valence-corrected chi connectivity index (χ2v) is 5.68. The van der Waals surface area contributed by atoms with Crippen molar-refractivity contribution < 1.29 is 9.84 Å². The lowest BCUT2D eigenvalue weighted by molar-refractivity contribution is -0.0781. The summed E-state index contributed by atoms with van der Waals surface area (Å²) in [6, 6.07) is 0. The summed E-state index contributed by atoms with van der Waals surface area (Å²) in [6.45, 7) is 11.8. The number of β-amino-alcohol motifs (C(OH)–C–C–N with tert-alkyl or cyclic N) is 1. The number of hydrogen-bond acceptors (Lipinski definition) is 5. The van der Waals surface area contributed by atoms with Gasteiger partial charge in [-0.1, -0.05) is 0 Å². The molecule has 2 heterocycles. The zero-order valence-corrected chi connectivity index (χ0v) is 11.6. The Bertz CT molecular complexity index is 236. The normalized spacial score (nSPS) is 33.5. The molecule has 0 bridgehead atoms. The van der Waals surface area contributed by atoms with Crippen LogP contribution < -0.4 is 5.32 Å². The van der Waals surface area contributed by atoms with Crippen molar-refractivity contribution in [3.63, 3.8) is 0 Å². The molecule has 0 aromatic heterocycles. The van der Waals surface area contributed by atoms with Gasteiger partial charge in [-0.2, -0.15) is 0 Å². The maximum atomic E-state index is 10.2. The number of nitrogens with one attached hydrogen (secondary N) is 1. The van der Waals surface area contributed by atoms with Gasteiger partial charge in [-0.15, -0.1) is 0 Å². The van der Waals surface area contributed by atoms with Crippen LogP contribution in [0.1, 0.15) is 13.8 Å². The average Bonchev–Trinajstić information content (AvgIpc) is 2.28. The van der Waals surface area contributed by atoms with Crippen molar-refractivity contribution in [1.82, 2.24) is 15.1 Å². The van der Waals surface area contributed by atoms with Crippen LogP contribution in [0.25, 0.3) is 0 Å². The molecule has 0 aromatic rings. The Balaban J connectivity index is 1.70. The van der Waals surface area contributed by atoms with Crippen LogP contribution in [0.5, 0.6) is 0 Å². The predicted molar refractivity (Wildman–Crippen MR) is 71.8 cm³/mol. The summed E-state index contributed by atoms with van der Waals surface area (Å²) in [5, 5.41) is 13.5. The summed E-state index contributed by atoms with van der Waals surface area (Å²) in [5.74, 6) is 0. The number of aliphatic hydroxyl groups is 1. The van der Waals surface area contributed by atoms with Gasteiger partial charge in [0.25, 0.3) is 0 Å². The summed E-state index contributed by atoms with van der Waals surface area (Å²) >= 11 is 0. The van der Waals surface area contributed by atoms with E-state index in [1.165, 1.54) is 0 Å². The first-order chi connectivity index (χ1) is 8.63. The van der Waals surface area contributed by atoms with Gasteiger partial charge in [0.05, 0.1) is 18.3 Å². The molecule has 2 fully saturated rings. The molecule has 0 saturated carbocycles. The first-order valence-corrected chi connectivity index (χ1v) is 7.12. The first-order valence-electron chi connectivity index (χ1n) is 7.12. The molecule has 2 aliphatic rings. The van der Waals surface area contributed by atoms with Gasteiger partial charge in [-0.25, -0.2) is 0 Å². The average molecular weight is 257 g/mol. The van der Waals surface area contributed by atoms with E-state index >= 15 is 0 Å². The highest BCUT2D eigenvalue weighted by molar-refractivity contribution is 4.78. The Hall–Kier alpha value is -0.200. The zero-order valence-electron chi connectivity index (χ0n) is 11.6. The van der Waals surface area contributed by atoms with Crippen molar-refractivity contribution >= 4 is 0 Å². The molecule has 106 valence electrons. The maximum Gasteiger partial charge on any atom is 0.0793 e. The monoisotopic (exact) mass is 257 g/mol. The van der Waals surface area contributed by atoms with E-state index in [9.17, 15) is 5.11 Å². The fourth-order valence-corrected chi connectivity index (χ4v) is 2.98. The number of nitrogens with zero attached hydrogens (tertiary/aromatic N) is 2. The van der Waals surface area contributed by atoms with Crippen molar-refractivity contribution in [2.75, 3.05) is 52.4 Å². The fraction of sp³-hybridized carbons (Fsp3) is 1.00. The number of hydrogen-bond donors (Lipinski definition) is 2. The predicted octanol–water partition coefficient (Wildman–Crippen LogP) is -0.638. The molecule has 0 radical (unpaired) electrons. The molecule has 3 atom stereocenters. The highest BCUT2D eigenvalue weighted by Crippen LogP contribution is 2.11. The van der Waals surface area contributed by atoms with E-state index in [0.29, 0.717) is 0 Å². The number of aliphatic hydroxyl groups excluding tert-OH is 1. The summed E-state index contributed by atoms with van der Waals surface area (Å²) in [4.78, 5) is 4.67. The third-order valence-electron chi connectivity index (χ3n) is 3.64. The van der Waals surface area contributed by atoms with Gasteiger partial charge in [0.2, 0.25) is 0 Å². The minimum Gasteiger partial charge on any atom is -0.390 e. The molecule has 2 rings (SSSR count). The number of rotatable bonds is 4. The highest BCUT2D eigenvalue weighted by Gasteiger charge is 2.24. The topological polar surface area (TPSA) is 48.0 Å². The van der Waals surface area contributed by atoms with Gasteiger partial charge in [0.15, 0.2) is 0 Å². The molecule has 0 spiro atoms. The van der Waals surface area contributed by atoms with E-state index in [1.807, 2.05) is 0 Å². The Kier molecular flexibility index (Phi) is 5.38. The van der Waals surface area contributed by atoms with Gasteiger partial charge in [0, 0.05) is 52.4 Å². The highest BCUT2D eigenvalue weighted by atomic mass is 16.5. The van der Waals surface area contributed by atoms with Gasteiger partial charge in [-0.05, 0) is 13.8 Å². The number of morpholine rings is 1. The summed E-state index contributed by atoms with van der Waals surface area (Å²) in [5.41, 5.74) is 0. The molecule has 5 nitrogen and oxygen atoms in total. The molecule has 2 saturated heterocycles. The minimum atomic E-state index is -0.249. The molecule has 0 amide bonds. The second kappa shape index (κ2) is 6.82. The van der Waals surface area contributed by atoms with Gasteiger partial charge < -0.3 is 15.2 Å². The van der Waals surface area contributed by atoms with Crippen molar-refractivity contribution in [3.05, 3.63) is 0 Å². The summed E-state index contributed by atoms with van der Waals surface area (Å²) < 4.78 is 5.71. The zero-order chi connectivity index (χ0) is 13.0. The standard InChI is InChI=1S/C13H27N3O2/c1-11-7-16(8-12(2)18-11)10-13(17)9-15-5-3-14-4-6-15/h11-14,17H,3-10H2,1-2H3. The van der Waals surface area contributed by atoms with Crippen molar-refractivity contribution in [2.45, 2.75) is 32.2 Å². The van der Waals surface area contributed by atoms with E-state index in [0.717, 1.165) is 52.4 Å². The summed E-state index contributed by atoms with van der Waals surface area (Å²) in [7, 11) is 0. The van der Waals surface area contributed by atoms with Gasteiger partial charge >= 0.3 is 0 Å². The lowest BCUT2D eigenvalue weighted by atomic mass is 10.2. The molecular weight excluding hydrogens is 230 g/mol. The van der Waals surface area contributed by atoms with Crippen LogP contribution in [-0.2, 0) is 4.74 Å². The van der Waals surface area contributed by atoms with Crippen LogP contribution in [0.3, 0.4) is 0 Å². The molecule has 3 unspecified atom stereocenters. The van der Waals surface area contributed by atoms with E-state index in [1.54, 1.807) is 0 Å². The van der Waals surface area contributed by atoms with Crippen molar-refractivity contribution in [2.24, 2.45) is 0 Å². The quantitative estimate of drug-likeness (QED) is 0.702. The molecule has 2 aliphatic heterocycles. The Morgan fingerprint density at radius 1 is 1.11 bits per heavy atom. The van der Waals surface area contributed by atoms with Gasteiger partial charge in [0.1, 0.15) is 0 Å². The molecular formula is C13H27N3O2. The van der Waals surface area contributed by atoms with Crippen LogP contribution in [0.2, 0.25) is 0 Å². The number of piperazine rings is 1. The molecule has 0 aromatic carbocycles. The van der Waals surface area contributed by atoms with Crippen LogP contribution in [-0.4, -0.2) is 85.6 Å². The minimum absolute atomic E-state index is 0.249.